The second-order valence-corrected chi connectivity index (χ2v) is 3.61. The van der Waals surface area contributed by atoms with Crippen LogP contribution in [0.1, 0.15) is 52.4 Å². The van der Waals surface area contributed by atoms with Crippen LogP contribution in [0.2, 0.25) is 0 Å². The zero-order chi connectivity index (χ0) is 9.40. The van der Waals surface area contributed by atoms with Gasteiger partial charge in [0.25, 0.3) is 0 Å². The molecule has 0 heterocycles. The van der Waals surface area contributed by atoms with Gasteiger partial charge in [-0.15, -0.1) is 0 Å². The highest BCUT2D eigenvalue weighted by atomic mass is 16.1. The van der Waals surface area contributed by atoms with Crippen LogP contribution in [0.3, 0.4) is 0 Å². The minimum atomic E-state index is -0.169. The van der Waals surface area contributed by atoms with Crippen LogP contribution in [-0.4, -0.2) is 5.91 Å². The third-order valence-electron chi connectivity index (χ3n) is 2.17. The standard InChI is InChI=1S/C10H21NO/c1-3-4-6-9(2)7-5-8-10(11)12/h9H,3-8H2,1-2H3,(H2,11,12)/t9-/m1/s1. The third kappa shape index (κ3) is 7.58. The minimum absolute atomic E-state index is 0.169. The first-order chi connectivity index (χ1) is 5.66. The molecule has 0 aliphatic heterocycles. The second-order valence-electron chi connectivity index (χ2n) is 3.61. The van der Waals surface area contributed by atoms with E-state index < -0.39 is 0 Å². The topological polar surface area (TPSA) is 43.1 Å². The van der Waals surface area contributed by atoms with Crippen molar-refractivity contribution < 1.29 is 4.79 Å². The van der Waals surface area contributed by atoms with Gasteiger partial charge in [-0.25, -0.2) is 0 Å². The van der Waals surface area contributed by atoms with E-state index in [1.807, 2.05) is 0 Å². The fourth-order valence-corrected chi connectivity index (χ4v) is 1.32. The van der Waals surface area contributed by atoms with Crippen molar-refractivity contribution in [2.75, 3.05) is 0 Å². The fourth-order valence-electron chi connectivity index (χ4n) is 1.32. The minimum Gasteiger partial charge on any atom is -0.370 e. The van der Waals surface area contributed by atoms with E-state index in [4.69, 9.17) is 5.73 Å². The van der Waals surface area contributed by atoms with Crippen molar-refractivity contribution >= 4 is 5.91 Å². The molecule has 0 aliphatic carbocycles. The summed E-state index contributed by atoms with van der Waals surface area (Å²) in [5.74, 6) is 0.585. The number of carbonyl (C=O) groups is 1. The summed E-state index contributed by atoms with van der Waals surface area (Å²) < 4.78 is 0. The average molecular weight is 171 g/mol. The van der Waals surface area contributed by atoms with Gasteiger partial charge in [0, 0.05) is 6.42 Å². The number of hydrogen-bond acceptors (Lipinski definition) is 1. The normalized spacial score (nSPS) is 12.8. The van der Waals surface area contributed by atoms with Crippen LogP contribution >= 0.6 is 0 Å². The van der Waals surface area contributed by atoms with Crippen LogP contribution in [0.25, 0.3) is 0 Å². The lowest BCUT2D eigenvalue weighted by molar-refractivity contribution is -0.118. The Morgan fingerprint density at radius 1 is 1.33 bits per heavy atom. The first-order valence-corrected chi connectivity index (χ1v) is 4.95. The van der Waals surface area contributed by atoms with Crippen LogP contribution in [0.5, 0.6) is 0 Å². The fraction of sp³-hybridized carbons (Fsp3) is 0.900. The maximum atomic E-state index is 10.4. The summed E-state index contributed by atoms with van der Waals surface area (Å²) in [7, 11) is 0. The summed E-state index contributed by atoms with van der Waals surface area (Å²) in [5.41, 5.74) is 5.04. The molecule has 0 aromatic carbocycles. The van der Waals surface area contributed by atoms with Crippen molar-refractivity contribution in [3.8, 4) is 0 Å². The summed E-state index contributed by atoms with van der Waals surface area (Å²) in [6.07, 6.45) is 6.51. The molecule has 2 nitrogen and oxygen atoms in total. The molecule has 0 aromatic rings. The number of nitrogens with two attached hydrogens (primary N) is 1. The van der Waals surface area contributed by atoms with E-state index in [-0.39, 0.29) is 5.91 Å². The van der Waals surface area contributed by atoms with Gasteiger partial charge in [-0.2, -0.15) is 0 Å². The van der Waals surface area contributed by atoms with Crippen LogP contribution < -0.4 is 5.73 Å². The van der Waals surface area contributed by atoms with Gasteiger partial charge in [-0.1, -0.05) is 39.5 Å². The van der Waals surface area contributed by atoms with Gasteiger partial charge in [0.05, 0.1) is 0 Å². The van der Waals surface area contributed by atoms with Crippen LogP contribution in [0.4, 0.5) is 0 Å². The molecular weight excluding hydrogens is 150 g/mol. The predicted molar refractivity (Wildman–Crippen MR) is 51.7 cm³/mol. The molecule has 0 bridgehead atoms. The van der Waals surface area contributed by atoms with Gasteiger partial charge >= 0.3 is 0 Å². The number of unbranched alkanes of at least 4 members (excludes halogenated alkanes) is 1. The van der Waals surface area contributed by atoms with Gasteiger partial charge in [-0.05, 0) is 12.3 Å². The highest BCUT2D eigenvalue weighted by Crippen LogP contribution is 2.14. The van der Waals surface area contributed by atoms with E-state index in [0.717, 1.165) is 18.8 Å². The highest BCUT2D eigenvalue weighted by Gasteiger charge is 2.02. The monoisotopic (exact) mass is 171 g/mol. The molecule has 0 saturated heterocycles. The first-order valence-electron chi connectivity index (χ1n) is 4.95. The molecule has 1 amide bonds. The SMILES string of the molecule is CCCC[C@@H](C)CCCC(N)=O. The smallest absolute Gasteiger partial charge is 0.217 e. The molecule has 12 heavy (non-hydrogen) atoms. The van der Waals surface area contributed by atoms with E-state index >= 15 is 0 Å². The lowest BCUT2D eigenvalue weighted by Gasteiger charge is -2.08. The number of hydrogen-bond donors (Lipinski definition) is 1. The summed E-state index contributed by atoms with van der Waals surface area (Å²) >= 11 is 0. The van der Waals surface area contributed by atoms with E-state index in [1.165, 1.54) is 19.3 Å². The largest absolute Gasteiger partial charge is 0.370 e. The van der Waals surface area contributed by atoms with Gasteiger partial charge in [0.2, 0.25) is 5.91 Å². The Hall–Kier alpha value is -0.530. The number of primary amides is 1. The summed E-state index contributed by atoms with van der Waals surface area (Å²) in [5, 5.41) is 0. The van der Waals surface area contributed by atoms with Crippen molar-refractivity contribution in [1.29, 1.82) is 0 Å². The number of carbonyl (C=O) groups excluding carboxylic acids is 1. The summed E-state index contributed by atoms with van der Waals surface area (Å²) in [6.45, 7) is 4.45. The number of amides is 1. The zero-order valence-corrected chi connectivity index (χ0v) is 8.31. The quantitative estimate of drug-likeness (QED) is 0.628. The van der Waals surface area contributed by atoms with E-state index in [1.54, 1.807) is 0 Å². The lowest BCUT2D eigenvalue weighted by Crippen LogP contribution is -2.10. The Balaban J connectivity index is 3.19. The van der Waals surface area contributed by atoms with Crippen molar-refractivity contribution in [2.45, 2.75) is 52.4 Å². The molecular formula is C10H21NO. The maximum absolute atomic E-state index is 10.4. The molecule has 1 atom stereocenters. The Kier molecular flexibility index (Phi) is 6.82. The van der Waals surface area contributed by atoms with Crippen molar-refractivity contribution in [2.24, 2.45) is 11.7 Å². The van der Waals surface area contributed by atoms with Gasteiger partial charge in [0.15, 0.2) is 0 Å². The van der Waals surface area contributed by atoms with Crippen molar-refractivity contribution in [3.63, 3.8) is 0 Å². The Labute approximate surface area is 75.5 Å². The zero-order valence-electron chi connectivity index (χ0n) is 8.31. The van der Waals surface area contributed by atoms with Gasteiger partial charge in [0.1, 0.15) is 0 Å². The molecule has 0 unspecified atom stereocenters. The molecule has 2 heteroatoms. The lowest BCUT2D eigenvalue weighted by atomic mass is 9.98. The Morgan fingerprint density at radius 3 is 2.42 bits per heavy atom. The Morgan fingerprint density at radius 2 is 1.92 bits per heavy atom. The van der Waals surface area contributed by atoms with E-state index in [0.29, 0.717) is 6.42 Å². The van der Waals surface area contributed by atoms with Crippen LogP contribution in [0, 0.1) is 5.92 Å². The molecule has 0 aliphatic rings. The third-order valence-corrected chi connectivity index (χ3v) is 2.17. The van der Waals surface area contributed by atoms with Crippen molar-refractivity contribution in [1.82, 2.24) is 0 Å². The molecule has 0 radical (unpaired) electrons. The van der Waals surface area contributed by atoms with Gasteiger partial charge < -0.3 is 5.73 Å². The molecule has 0 rings (SSSR count). The second kappa shape index (κ2) is 7.14. The molecule has 0 spiro atoms. The predicted octanol–water partition coefficient (Wildman–Crippen LogP) is 2.47. The first kappa shape index (κ1) is 11.5. The Bertz CT molecular complexity index is 123. The summed E-state index contributed by atoms with van der Waals surface area (Å²) in [6, 6.07) is 0. The molecule has 0 aromatic heterocycles. The van der Waals surface area contributed by atoms with Gasteiger partial charge in [-0.3, -0.25) is 4.79 Å². The van der Waals surface area contributed by atoms with E-state index in [9.17, 15) is 4.79 Å². The van der Waals surface area contributed by atoms with Crippen molar-refractivity contribution in [3.05, 3.63) is 0 Å². The summed E-state index contributed by atoms with van der Waals surface area (Å²) in [4.78, 5) is 10.4. The highest BCUT2D eigenvalue weighted by molar-refractivity contribution is 5.73. The van der Waals surface area contributed by atoms with Crippen LogP contribution in [-0.2, 0) is 4.79 Å². The molecule has 0 saturated carbocycles. The number of rotatable bonds is 7. The average Bonchev–Trinajstić information content (AvgIpc) is 2.00. The molecule has 0 fully saturated rings. The molecule has 2 N–H and O–H groups in total. The van der Waals surface area contributed by atoms with E-state index in [2.05, 4.69) is 13.8 Å². The maximum Gasteiger partial charge on any atom is 0.217 e. The van der Waals surface area contributed by atoms with Crippen LogP contribution in [0.15, 0.2) is 0 Å². The molecule has 72 valence electrons.